The second kappa shape index (κ2) is 6.96. The van der Waals surface area contributed by atoms with Crippen LogP contribution in [0.5, 0.6) is 0 Å². The minimum atomic E-state index is -0.277. The van der Waals surface area contributed by atoms with Crippen LogP contribution in [0.2, 0.25) is 0 Å². The van der Waals surface area contributed by atoms with Gasteiger partial charge in [-0.2, -0.15) is 0 Å². The minimum absolute atomic E-state index is 0.277. The van der Waals surface area contributed by atoms with Crippen molar-refractivity contribution in [1.29, 1.82) is 0 Å². The van der Waals surface area contributed by atoms with Gasteiger partial charge in [-0.3, -0.25) is 0 Å². The van der Waals surface area contributed by atoms with Gasteiger partial charge in [0, 0.05) is 0 Å². The fourth-order valence-electron chi connectivity index (χ4n) is 1.86. The van der Waals surface area contributed by atoms with Crippen molar-refractivity contribution in [3.63, 3.8) is 0 Å². The molecule has 0 fully saturated rings. The van der Waals surface area contributed by atoms with E-state index in [0.29, 0.717) is 17.5 Å². The van der Waals surface area contributed by atoms with E-state index in [9.17, 15) is 0 Å². The molecular formula is C18H15PPd. The Balaban J connectivity index is 1.96. The predicted molar refractivity (Wildman–Crippen MR) is 85.1 cm³/mol. The van der Waals surface area contributed by atoms with Crippen LogP contribution < -0.4 is 14.6 Å². The van der Waals surface area contributed by atoms with Crippen LogP contribution in [-0.4, -0.2) is 0 Å². The summed E-state index contributed by atoms with van der Waals surface area (Å²) in [6.45, 7) is 0. The van der Waals surface area contributed by atoms with Gasteiger partial charge in [0.2, 0.25) is 0 Å². The zero-order valence-electron chi connectivity index (χ0n) is 10.9. The van der Waals surface area contributed by atoms with Gasteiger partial charge in [0.15, 0.2) is 0 Å². The molecule has 3 aromatic carbocycles. The molecule has 0 nitrogen and oxygen atoms in total. The van der Waals surface area contributed by atoms with Gasteiger partial charge in [0.1, 0.15) is 0 Å². The monoisotopic (exact) mass is 368 g/mol. The van der Waals surface area contributed by atoms with Crippen molar-refractivity contribution in [3.05, 3.63) is 91.0 Å². The average Bonchev–Trinajstić information content (AvgIpc) is 2.55. The molecule has 20 heavy (non-hydrogen) atoms. The van der Waals surface area contributed by atoms with E-state index in [4.69, 9.17) is 0 Å². The van der Waals surface area contributed by atoms with Crippen molar-refractivity contribution in [2.24, 2.45) is 0 Å². The summed E-state index contributed by atoms with van der Waals surface area (Å²) in [6, 6.07) is 32.7. The molecule has 0 aliphatic carbocycles. The van der Waals surface area contributed by atoms with E-state index >= 15 is 0 Å². The van der Waals surface area contributed by atoms with Gasteiger partial charge >= 0.3 is 129 Å². The molecule has 0 radical (unpaired) electrons. The summed E-state index contributed by atoms with van der Waals surface area (Å²) >= 11 is 0.586. The summed E-state index contributed by atoms with van der Waals surface area (Å²) in [4.78, 5) is 0. The standard InChI is InChI=1S/C12H10P.C6H5.Pd/c1-3-7-11(8-4-1)13-12-9-5-2-6-10-12;1-2-4-6-5-3-1;/h1-10H;1-5H;/q-1;;+1. The van der Waals surface area contributed by atoms with Crippen LogP contribution in [0.1, 0.15) is 0 Å². The molecule has 0 aromatic heterocycles. The predicted octanol–water partition coefficient (Wildman–Crippen LogP) is 3.44. The number of rotatable bonds is 4. The van der Waals surface area contributed by atoms with Crippen LogP contribution in [-0.2, 0) is 17.5 Å². The Morgan fingerprint density at radius 2 is 0.900 bits per heavy atom. The zero-order valence-corrected chi connectivity index (χ0v) is 13.4. The Kier molecular flexibility index (Phi) is 4.78. The van der Waals surface area contributed by atoms with Crippen LogP contribution in [0, 0.1) is 0 Å². The number of hydrogen-bond acceptors (Lipinski definition) is 0. The maximum absolute atomic E-state index is 2.26. The Morgan fingerprint density at radius 1 is 0.500 bits per heavy atom. The molecule has 0 unspecified atom stereocenters. The second-order valence-corrected chi connectivity index (χ2v) is 9.96. The summed E-state index contributed by atoms with van der Waals surface area (Å²) in [6.07, 6.45) is -0.277. The molecule has 102 valence electrons. The fraction of sp³-hybridized carbons (Fsp3) is 0. The number of benzene rings is 3. The third-order valence-corrected chi connectivity index (χ3v) is 9.72. The first-order chi connectivity index (χ1) is 9.93. The molecule has 0 aliphatic rings. The van der Waals surface area contributed by atoms with E-state index in [1.165, 1.54) is 14.6 Å². The second-order valence-electron chi connectivity index (χ2n) is 4.25. The van der Waals surface area contributed by atoms with Crippen LogP contribution in [0.25, 0.3) is 0 Å². The van der Waals surface area contributed by atoms with Crippen LogP contribution in [0.3, 0.4) is 0 Å². The Morgan fingerprint density at radius 3 is 1.35 bits per heavy atom. The summed E-state index contributed by atoms with van der Waals surface area (Å²) in [5.74, 6) is 0. The van der Waals surface area contributed by atoms with Crippen molar-refractivity contribution < 1.29 is 17.5 Å². The Bertz CT molecular complexity index is 599. The van der Waals surface area contributed by atoms with E-state index < -0.39 is 0 Å². The van der Waals surface area contributed by atoms with Gasteiger partial charge in [0.25, 0.3) is 0 Å². The SMILES string of the molecule is c1cc[c]([Pd][P](c2ccccc2)c2ccccc2)cc1. The molecule has 0 saturated carbocycles. The van der Waals surface area contributed by atoms with Gasteiger partial charge < -0.3 is 0 Å². The van der Waals surface area contributed by atoms with Crippen LogP contribution >= 0.6 is 6.11 Å². The fourth-order valence-corrected chi connectivity index (χ4v) is 8.20. The zero-order chi connectivity index (χ0) is 13.6. The summed E-state index contributed by atoms with van der Waals surface area (Å²) in [5.41, 5.74) is 0. The molecule has 0 N–H and O–H groups in total. The van der Waals surface area contributed by atoms with Gasteiger partial charge in [0.05, 0.1) is 0 Å². The molecule has 0 atom stereocenters. The van der Waals surface area contributed by atoms with Gasteiger partial charge in [-0.15, -0.1) is 0 Å². The molecular weight excluding hydrogens is 354 g/mol. The Hall–Kier alpha value is -1.25. The first kappa shape index (κ1) is 13.7. The molecule has 0 heterocycles. The van der Waals surface area contributed by atoms with Gasteiger partial charge in [-0.05, 0) is 0 Å². The maximum atomic E-state index is 2.26. The third kappa shape index (κ3) is 3.44. The Labute approximate surface area is 129 Å². The van der Waals surface area contributed by atoms with E-state index in [-0.39, 0.29) is 6.11 Å². The van der Waals surface area contributed by atoms with E-state index in [0.717, 1.165) is 0 Å². The topological polar surface area (TPSA) is 0 Å². The quantitative estimate of drug-likeness (QED) is 0.489. The van der Waals surface area contributed by atoms with E-state index in [1.807, 2.05) is 0 Å². The summed E-state index contributed by atoms with van der Waals surface area (Å²) in [7, 11) is 0. The van der Waals surface area contributed by atoms with Crippen molar-refractivity contribution in [2.75, 3.05) is 0 Å². The molecule has 0 aliphatic heterocycles. The number of hydrogen-bond donors (Lipinski definition) is 0. The summed E-state index contributed by atoms with van der Waals surface area (Å²) < 4.78 is 1.46. The first-order valence-electron chi connectivity index (χ1n) is 6.48. The first-order valence-corrected chi connectivity index (χ1v) is 10.5. The normalized spacial score (nSPS) is 10.8. The summed E-state index contributed by atoms with van der Waals surface area (Å²) in [5, 5.41) is 2.93. The molecule has 2 heteroatoms. The molecule has 0 bridgehead atoms. The molecule has 0 amide bonds. The van der Waals surface area contributed by atoms with Gasteiger partial charge in [-0.1, -0.05) is 0 Å². The van der Waals surface area contributed by atoms with Crippen LogP contribution in [0.15, 0.2) is 91.0 Å². The molecule has 3 aromatic rings. The molecule has 0 saturated heterocycles. The van der Waals surface area contributed by atoms with Crippen LogP contribution in [0.4, 0.5) is 0 Å². The average molecular weight is 369 g/mol. The molecule has 3 rings (SSSR count). The van der Waals surface area contributed by atoms with Crippen molar-refractivity contribution in [3.8, 4) is 0 Å². The van der Waals surface area contributed by atoms with Gasteiger partial charge in [-0.25, -0.2) is 0 Å². The van der Waals surface area contributed by atoms with Crippen molar-refractivity contribution in [1.82, 2.24) is 0 Å². The molecule has 0 spiro atoms. The third-order valence-electron chi connectivity index (χ3n) is 2.80. The van der Waals surface area contributed by atoms with E-state index in [2.05, 4.69) is 91.0 Å². The van der Waals surface area contributed by atoms with Crippen molar-refractivity contribution >= 4 is 20.8 Å². The van der Waals surface area contributed by atoms with E-state index in [1.54, 1.807) is 0 Å². The van der Waals surface area contributed by atoms with Crippen molar-refractivity contribution in [2.45, 2.75) is 0 Å².